The average Bonchev–Trinajstić information content (AvgIpc) is 2.99. The molecule has 2 fully saturated rings. The van der Waals surface area contributed by atoms with E-state index in [1.807, 2.05) is 12.1 Å². The van der Waals surface area contributed by atoms with Gasteiger partial charge in [-0.1, -0.05) is 0 Å². The Balaban J connectivity index is 1.57. The van der Waals surface area contributed by atoms with E-state index in [9.17, 15) is 0 Å². The molecular formula is C14H20N2O2. The summed E-state index contributed by atoms with van der Waals surface area (Å²) in [5, 5.41) is 0. The molecule has 1 aliphatic carbocycles. The number of ether oxygens (including phenoxy) is 2. The van der Waals surface area contributed by atoms with Crippen LogP contribution in [0.15, 0.2) is 18.3 Å². The van der Waals surface area contributed by atoms with Crippen molar-refractivity contribution in [1.82, 2.24) is 9.88 Å². The molecule has 3 rings (SSSR count). The number of likely N-dealkylation sites (N-methyl/N-ethyl adjacent to an activating group) is 1. The van der Waals surface area contributed by atoms with Crippen LogP contribution in [0, 0.1) is 5.92 Å². The summed E-state index contributed by atoms with van der Waals surface area (Å²) < 4.78 is 10.9. The van der Waals surface area contributed by atoms with Crippen LogP contribution in [-0.2, 0) is 0 Å². The number of aromatic nitrogens is 1. The van der Waals surface area contributed by atoms with E-state index in [-0.39, 0.29) is 0 Å². The molecule has 4 nitrogen and oxygen atoms in total. The summed E-state index contributed by atoms with van der Waals surface area (Å²) in [4.78, 5) is 6.64. The molecule has 1 aromatic heterocycles. The maximum atomic E-state index is 5.85. The second-order valence-corrected chi connectivity index (χ2v) is 5.31. The molecule has 0 spiro atoms. The van der Waals surface area contributed by atoms with Crippen LogP contribution >= 0.6 is 0 Å². The van der Waals surface area contributed by atoms with E-state index in [1.54, 1.807) is 13.3 Å². The van der Waals surface area contributed by atoms with Gasteiger partial charge in [-0.25, -0.2) is 4.98 Å². The summed E-state index contributed by atoms with van der Waals surface area (Å²) in [7, 11) is 3.84. The number of nitrogens with zero attached hydrogens (tertiary/aromatic N) is 2. The molecule has 0 N–H and O–H groups in total. The predicted octanol–water partition coefficient (Wildman–Crippen LogP) is 1.95. The SMILES string of the molecule is COc1ccc(OCC2C3CCC(C3)N2C)cn1. The number of piperidine rings is 1. The first-order valence-electron chi connectivity index (χ1n) is 6.62. The number of pyridine rings is 1. The van der Waals surface area contributed by atoms with Gasteiger partial charge in [0.15, 0.2) is 0 Å². The summed E-state index contributed by atoms with van der Waals surface area (Å²) in [6.07, 6.45) is 5.81. The van der Waals surface area contributed by atoms with E-state index in [4.69, 9.17) is 9.47 Å². The van der Waals surface area contributed by atoms with Crippen molar-refractivity contribution in [2.45, 2.75) is 31.3 Å². The predicted molar refractivity (Wildman–Crippen MR) is 69.0 cm³/mol. The van der Waals surface area contributed by atoms with Crippen molar-refractivity contribution in [2.24, 2.45) is 5.92 Å². The maximum absolute atomic E-state index is 5.85. The van der Waals surface area contributed by atoms with Crippen molar-refractivity contribution in [2.75, 3.05) is 20.8 Å². The molecule has 2 aliphatic rings. The number of fused-ring (bicyclic) bond motifs is 2. The van der Waals surface area contributed by atoms with Crippen molar-refractivity contribution >= 4 is 0 Å². The quantitative estimate of drug-likeness (QED) is 0.815. The van der Waals surface area contributed by atoms with Gasteiger partial charge >= 0.3 is 0 Å². The van der Waals surface area contributed by atoms with E-state index in [1.165, 1.54) is 19.3 Å². The number of methoxy groups -OCH3 is 1. The first kappa shape index (κ1) is 11.8. The molecule has 0 amide bonds. The fourth-order valence-electron chi connectivity index (χ4n) is 3.32. The highest BCUT2D eigenvalue weighted by atomic mass is 16.5. The zero-order chi connectivity index (χ0) is 12.5. The Bertz CT molecular complexity index is 405. The lowest BCUT2D eigenvalue weighted by molar-refractivity contribution is 0.118. The zero-order valence-corrected chi connectivity index (χ0v) is 11.0. The van der Waals surface area contributed by atoms with Gasteiger partial charge in [-0.2, -0.15) is 0 Å². The highest BCUT2D eigenvalue weighted by molar-refractivity contribution is 5.22. The van der Waals surface area contributed by atoms with Gasteiger partial charge in [0.1, 0.15) is 12.4 Å². The Labute approximate surface area is 108 Å². The minimum Gasteiger partial charge on any atom is -0.490 e. The summed E-state index contributed by atoms with van der Waals surface area (Å²) >= 11 is 0. The number of hydrogen-bond acceptors (Lipinski definition) is 4. The third kappa shape index (κ3) is 2.05. The number of likely N-dealkylation sites (tertiary alicyclic amines) is 1. The van der Waals surface area contributed by atoms with Gasteiger partial charge in [0.25, 0.3) is 0 Å². The molecule has 1 saturated heterocycles. The summed E-state index contributed by atoms with van der Waals surface area (Å²) in [6, 6.07) is 5.11. The van der Waals surface area contributed by atoms with Crippen LogP contribution in [0.2, 0.25) is 0 Å². The third-order valence-corrected chi connectivity index (χ3v) is 4.43. The molecule has 0 radical (unpaired) electrons. The molecule has 4 heteroatoms. The van der Waals surface area contributed by atoms with Gasteiger partial charge in [0, 0.05) is 18.2 Å². The fraction of sp³-hybridized carbons (Fsp3) is 0.643. The van der Waals surface area contributed by atoms with Gasteiger partial charge in [-0.05, 0) is 38.3 Å². The topological polar surface area (TPSA) is 34.6 Å². The lowest BCUT2D eigenvalue weighted by atomic mass is 10.00. The normalized spacial score (nSPS) is 30.7. The van der Waals surface area contributed by atoms with Crippen molar-refractivity contribution < 1.29 is 9.47 Å². The van der Waals surface area contributed by atoms with Crippen LogP contribution in [0.4, 0.5) is 0 Å². The lowest BCUT2D eigenvalue weighted by Gasteiger charge is -2.31. The first-order chi connectivity index (χ1) is 8.78. The van der Waals surface area contributed by atoms with Crippen molar-refractivity contribution in [3.05, 3.63) is 18.3 Å². The summed E-state index contributed by atoms with van der Waals surface area (Å²) in [6.45, 7) is 0.770. The summed E-state index contributed by atoms with van der Waals surface area (Å²) in [5.74, 6) is 2.28. The largest absolute Gasteiger partial charge is 0.490 e. The Morgan fingerprint density at radius 2 is 2.28 bits per heavy atom. The van der Waals surface area contributed by atoms with Crippen LogP contribution in [-0.4, -0.2) is 42.7 Å². The number of rotatable bonds is 4. The number of hydrogen-bond donors (Lipinski definition) is 0. The molecule has 2 bridgehead atoms. The van der Waals surface area contributed by atoms with Gasteiger partial charge in [-0.15, -0.1) is 0 Å². The minimum absolute atomic E-state index is 0.575. The highest BCUT2D eigenvalue weighted by Crippen LogP contribution is 2.41. The summed E-state index contributed by atoms with van der Waals surface area (Å²) in [5.41, 5.74) is 0. The smallest absolute Gasteiger partial charge is 0.213 e. The molecule has 98 valence electrons. The van der Waals surface area contributed by atoms with Crippen LogP contribution in [0.3, 0.4) is 0 Å². The standard InChI is InChI=1S/C14H20N2O2/c1-16-11-4-3-10(7-11)13(16)9-18-12-5-6-14(17-2)15-8-12/h5-6,8,10-11,13H,3-4,7,9H2,1-2H3. The third-order valence-electron chi connectivity index (χ3n) is 4.43. The molecule has 1 aromatic rings. The Hall–Kier alpha value is -1.29. The van der Waals surface area contributed by atoms with E-state index < -0.39 is 0 Å². The van der Waals surface area contributed by atoms with Crippen molar-refractivity contribution in [3.63, 3.8) is 0 Å². The van der Waals surface area contributed by atoms with Crippen LogP contribution in [0.25, 0.3) is 0 Å². The van der Waals surface area contributed by atoms with Crippen LogP contribution in [0.1, 0.15) is 19.3 Å². The van der Waals surface area contributed by atoms with E-state index in [2.05, 4.69) is 16.9 Å². The Kier molecular flexibility index (Phi) is 3.12. The van der Waals surface area contributed by atoms with Gasteiger partial charge in [-0.3, -0.25) is 4.90 Å². The van der Waals surface area contributed by atoms with Gasteiger partial charge in [0.2, 0.25) is 5.88 Å². The van der Waals surface area contributed by atoms with E-state index in [0.717, 1.165) is 24.3 Å². The molecule has 1 aliphatic heterocycles. The van der Waals surface area contributed by atoms with Crippen LogP contribution in [0.5, 0.6) is 11.6 Å². The molecule has 2 heterocycles. The zero-order valence-electron chi connectivity index (χ0n) is 11.0. The van der Waals surface area contributed by atoms with Crippen molar-refractivity contribution in [1.29, 1.82) is 0 Å². The van der Waals surface area contributed by atoms with E-state index in [0.29, 0.717) is 11.9 Å². The van der Waals surface area contributed by atoms with Gasteiger partial charge < -0.3 is 9.47 Å². The molecular weight excluding hydrogens is 228 g/mol. The van der Waals surface area contributed by atoms with E-state index >= 15 is 0 Å². The van der Waals surface area contributed by atoms with Crippen molar-refractivity contribution in [3.8, 4) is 11.6 Å². The van der Waals surface area contributed by atoms with Crippen LogP contribution < -0.4 is 9.47 Å². The highest BCUT2D eigenvalue weighted by Gasteiger charge is 2.43. The second-order valence-electron chi connectivity index (χ2n) is 5.31. The fourth-order valence-corrected chi connectivity index (χ4v) is 3.32. The molecule has 18 heavy (non-hydrogen) atoms. The molecule has 1 saturated carbocycles. The Morgan fingerprint density at radius 1 is 1.39 bits per heavy atom. The molecule has 0 aromatic carbocycles. The molecule has 3 unspecified atom stereocenters. The average molecular weight is 248 g/mol. The second kappa shape index (κ2) is 4.76. The lowest BCUT2D eigenvalue weighted by Crippen LogP contribution is -2.41. The minimum atomic E-state index is 0.575. The first-order valence-corrected chi connectivity index (χ1v) is 6.62. The Morgan fingerprint density at radius 3 is 2.89 bits per heavy atom. The monoisotopic (exact) mass is 248 g/mol. The maximum Gasteiger partial charge on any atom is 0.213 e. The molecule has 3 atom stereocenters. The van der Waals surface area contributed by atoms with Gasteiger partial charge in [0.05, 0.1) is 13.3 Å².